The molecule has 1 N–H and O–H groups in total. The Balaban J connectivity index is 1.60. The van der Waals surface area contributed by atoms with Crippen molar-refractivity contribution in [3.05, 3.63) is 29.3 Å². The summed E-state index contributed by atoms with van der Waals surface area (Å²) in [6.45, 7) is 2.91. The van der Waals surface area contributed by atoms with E-state index in [9.17, 15) is 18.0 Å². The van der Waals surface area contributed by atoms with Crippen molar-refractivity contribution in [1.82, 2.24) is 15.1 Å². The molecule has 1 aliphatic rings. The van der Waals surface area contributed by atoms with Crippen LogP contribution in [0.2, 0.25) is 5.02 Å². The van der Waals surface area contributed by atoms with Crippen LogP contribution in [0.5, 0.6) is 0 Å². The number of hydrogen-bond acceptors (Lipinski definition) is 6. The zero-order valence-corrected chi connectivity index (χ0v) is 15.8. The number of hydrogen-bond donors (Lipinski definition) is 1. The zero-order valence-electron chi connectivity index (χ0n) is 15.1. The summed E-state index contributed by atoms with van der Waals surface area (Å²) < 4.78 is 47.2. The second-order valence-corrected chi connectivity index (χ2v) is 7.23. The van der Waals surface area contributed by atoms with E-state index in [1.165, 1.54) is 11.8 Å². The van der Waals surface area contributed by atoms with Crippen LogP contribution in [-0.4, -0.2) is 52.1 Å². The maximum absolute atomic E-state index is 12.5. The number of nitrogens with zero attached hydrogens (tertiary/aromatic N) is 3. The van der Waals surface area contributed by atoms with Gasteiger partial charge in [-0.25, -0.2) is 0 Å². The molecule has 1 aromatic carbocycles. The van der Waals surface area contributed by atoms with Crippen molar-refractivity contribution in [2.24, 2.45) is 0 Å². The lowest BCUT2D eigenvalue weighted by Gasteiger charge is -2.27. The van der Waals surface area contributed by atoms with Crippen LogP contribution < -0.4 is 5.32 Å². The van der Waals surface area contributed by atoms with Crippen molar-refractivity contribution < 1.29 is 27.1 Å². The van der Waals surface area contributed by atoms with Crippen LogP contribution in [-0.2, 0) is 9.53 Å². The zero-order chi connectivity index (χ0) is 20.5. The quantitative estimate of drug-likeness (QED) is 0.797. The molecule has 2 atom stereocenters. The van der Waals surface area contributed by atoms with Crippen LogP contribution in [0.3, 0.4) is 0 Å². The molecule has 0 spiro atoms. The van der Waals surface area contributed by atoms with E-state index >= 15 is 0 Å². The summed E-state index contributed by atoms with van der Waals surface area (Å²) >= 11 is 5.83. The molecular formula is C17H18ClF3N4O3. The van der Waals surface area contributed by atoms with Crippen molar-refractivity contribution in [2.75, 3.05) is 18.4 Å². The summed E-state index contributed by atoms with van der Waals surface area (Å²) in [6, 6.07) is 6.02. The molecule has 0 aliphatic carbocycles. The average molecular weight is 419 g/mol. The number of ether oxygens (including phenoxy) is 1. The number of anilines is 1. The summed E-state index contributed by atoms with van der Waals surface area (Å²) in [4.78, 5) is 13.9. The molecule has 1 fully saturated rings. The van der Waals surface area contributed by atoms with Crippen LogP contribution in [0.25, 0.3) is 11.5 Å². The molecule has 152 valence electrons. The van der Waals surface area contributed by atoms with Gasteiger partial charge in [0, 0.05) is 23.7 Å². The number of aromatic nitrogens is 2. The molecule has 1 aliphatic heterocycles. The third-order valence-corrected chi connectivity index (χ3v) is 4.59. The first-order valence-electron chi connectivity index (χ1n) is 8.46. The Morgan fingerprint density at radius 2 is 2.04 bits per heavy atom. The molecule has 1 amide bonds. The maximum atomic E-state index is 12.5. The fourth-order valence-corrected chi connectivity index (χ4v) is 3.12. The van der Waals surface area contributed by atoms with Crippen molar-refractivity contribution in [2.45, 2.75) is 38.3 Å². The van der Waals surface area contributed by atoms with Gasteiger partial charge in [0.15, 0.2) is 0 Å². The highest BCUT2D eigenvalue weighted by Crippen LogP contribution is 2.32. The second kappa shape index (κ2) is 7.59. The summed E-state index contributed by atoms with van der Waals surface area (Å²) in [7, 11) is 0. The summed E-state index contributed by atoms with van der Waals surface area (Å²) in [5.74, 6) is -0.146. The van der Waals surface area contributed by atoms with Gasteiger partial charge in [-0.15, -0.1) is 18.3 Å². The van der Waals surface area contributed by atoms with Crippen LogP contribution in [0.15, 0.2) is 28.7 Å². The normalized spacial score (nSPS) is 21.0. The van der Waals surface area contributed by atoms with Gasteiger partial charge < -0.3 is 14.6 Å². The van der Waals surface area contributed by atoms with E-state index < -0.39 is 18.0 Å². The van der Waals surface area contributed by atoms with Gasteiger partial charge in [0.1, 0.15) is 6.04 Å². The molecule has 28 heavy (non-hydrogen) atoms. The van der Waals surface area contributed by atoms with Gasteiger partial charge in [-0.05, 0) is 44.5 Å². The molecule has 0 unspecified atom stereocenters. The first-order chi connectivity index (χ1) is 13.0. The highest BCUT2D eigenvalue weighted by atomic mass is 35.5. The van der Waals surface area contributed by atoms with Crippen molar-refractivity contribution in [3.63, 3.8) is 0 Å². The lowest BCUT2D eigenvalue weighted by Crippen LogP contribution is -2.44. The van der Waals surface area contributed by atoms with Gasteiger partial charge in [-0.2, -0.15) is 0 Å². The van der Waals surface area contributed by atoms with Crippen molar-refractivity contribution in [1.29, 1.82) is 0 Å². The van der Waals surface area contributed by atoms with Crippen molar-refractivity contribution >= 4 is 23.5 Å². The van der Waals surface area contributed by atoms with Crippen LogP contribution >= 0.6 is 11.6 Å². The number of rotatable bonds is 5. The van der Waals surface area contributed by atoms with E-state index in [-0.39, 0.29) is 37.3 Å². The summed E-state index contributed by atoms with van der Waals surface area (Å²) in [5, 5.41) is 11.1. The number of likely N-dealkylation sites (tertiary alicyclic amines) is 1. The van der Waals surface area contributed by atoms with E-state index in [4.69, 9.17) is 16.0 Å². The standard InChI is InChI=1S/C17H18ClF3N4O3/c1-10(14(26)25-8-7-16(2,9-25)28-17(19,20)21)22-15-24-23-13(27-15)11-3-5-12(18)6-4-11/h3-6,10H,7-9H2,1-2H3,(H,22,24)/t10-,16-/m1/s1. The Kier molecular flexibility index (Phi) is 5.53. The van der Waals surface area contributed by atoms with Crippen molar-refractivity contribution in [3.8, 4) is 11.5 Å². The third kappa shape index (κ3) is 4.93. The second-order valence-electron chi connectivity index (χ2n) is 6.79. The summed E-state index contributed by atoms with van der Waals surface area (Å²) in [6.07, 6.45) is -4.66. The topological polar surface area (TPSA) is 80.5 Å². The number of carbonyl (C=O) groups excluding carboxylic acids is 1. The molecule has 1 aromatic heterocycles. The lowest BCUT2D eigenvalue weighted by molar-refractivity contribution is -0.361. The van der Waals surface area contributed by atoms with E-state index in [1.807, 2.05) is 0 Å². The minimum Gasteiger partial charge on any atom is -0.403 e. The SMILES string of the molecule is C[C@@H](Nc1nnc(-c2ccc(Cl)cc2)o1)C(=O)N1CC[C@@](C)(OC(F)(F)F)C1. The number of carbonyl (C=O) groups is 1. The van der Waals surface area contributed by atoms with Gasteiger partial charge in [-0.3, -0.25) is 9.53 Å². The van der Waals surface area contributed by atoms with E-state index in [0.717, 1.165) is 0 Å². The largest absolute Gasteiger partial charge is 0.523 e. The van der Waals surface area contributed by atoms with E-state index in [2.05, 4.69) is 20.3 Å². The number of benzene rings is 1. The van der Waals surface area contributed by atoms with Crippen LogP contribution in [0.1, 0.15) is 20.3 Å². The molecule has 11 heteroatoms. The van der Waals surface area contributed by atoms with E-state index in [0.29, 0.717) is 10.6 Å². The highest BCUT2D eigenvalue weighted by Gasteiger charge is 2.46. The molecule has 2 aromatic rings. The first-order valence-corrected chi connectivity index (χ1v) is 8.84. The first kappa shape index (κ1) is 20.4. The highest BCUT2D eigenvalue weighted by molar-refractivity contribution is 6.30. The van der Waals surface area contributed by atoms with Gasteiger partial charge in [0.2, 0.25) is 11.8 Å². The maximum Gasteiger partial charge on any atom is 0.523 e. The minimum absolute atomic E-state index is 0.0271. The Morgan fingerprint density at radius 3 is 2.68 bits per heavy atom. The smallest absolute Gasteiger partial charge is 0.403 e. The monoisotopic (exact) mass is 418 g/mol. The van der Waals surface area contributed by atoms with Crippen LogP contribution in [0, 0.1) is 0 Å². The fraction of sp³-hybridized carbons (Fsp3) is 0.471. The number of alkyl halides is 3. The van der Waals surface area contributed by atoms with Crippen LogP contribution in [0.4, 0.5) is 19.2 Å². The number of halogens is 4. The van der Waals surface area contributed by atoms with Gasteiger partial charge in [0.25, 0.3) is 0 Å². The van der Waals surface area contributed by atoms with E-state index in [1.54, 1.807) is 31.2 Å². The fourth-order valence-electron chi connectivity index (χ4n) is 3.00. The Morgan fingerprint density at radius 1 is 1.36 bits per heavy atom. The van der Waals surface area contributed by atoms with Gasteiger partial charge in [-0.1, -0.05) is 16.7 Å². The molecule has 7 nitrogen and oxygen atoms in total. The number of nitrogens with one attached hydrogen (secondary N) is 1. The van der Waals surface area contributed by atoms with Gasteiger partial charge in [0.05, 0.1) is 5.60 Å². The average Bonchev–Trinajstić information content (AvgIpc) is 3.20. The number of amides is 1. The predicted molar refractivity (Wildman–Crippen MR) is 94.6 cm³/mol. The minimum atomic E-state index is -4.75. The predicted octanol–water partition coefficient (Wildman–Crippen LogP) is 3.72. The van der Waals surface area contributed by atoms with Gasteiger partial charge >= 0.3 is 12.4 Å². The molecular weight excluding hydrogens is 401 g/mol. The molecule has 0 radical (unpaired) electrons. The lowest BCUT2D eigenvalue weighted by atomic mass is 10.1. The molecule has 1 saturated heterocycles. The summed E-state index contributed by atoms with van der Waals surface area (Å²) in [5.41, 5.74) is -0.802. The third-order valence-electron chi connectivity index (χ3n) is 4.34. The Labute approximate surface area is 163 Å². The molecule has 0 saturated carbocycles. The Hall–Kier alpha value is -2.33. The Bertz CT molecular complexity index is 843. The molecule has 0 bridgehead atoms. The molecule has 2 heterocycles. The molecule has 3 rings (SSSR count).